The summed E-state index contributed by atoms with van der Waals surface area (Å²) in [5.41, 5.74) is 2.37. The Kier molecular flexibility index (Phi) is 3.10. The molecule has 0 bridgehead atoms. The first-order chi connectivity index (χ1) is 10.1. The zero-order valence-electron chi connectivity index (χ0n) is 11.7. The van der Waals surface area contributed by atoms with Gasteiger partial charge in [-0.3, -0.25) is 4.57 Å². The first-order valence-electron chi connectivity index (χ1n) is 6.47. The monoisotopic (exact) mass is 282 g/mol. The van der Waals surface area contributed by atoms with Gasteiger partial charge in [0, 0.05) is 5.69 Å². The fraction of sp³-hybridized carbons (Fsp3) is 0.125. The van der Waals surface area contributed by atoms with E-state index in [-0.39, 0.29) is 5.56 Å². The van der Waals surface area contributed by atoms with E-state index >= 15 is 0 Å². The molecule has 0 aliphatic carbocycles. The smallest absolute Gasteiger partial charge is 0.337 e. The minimum atomic E-state index is -0.963. The quantitative estimate of drug-likeness (QED) is 0.802. The molecular weight excluding hydrogens is 268 g/mol. The van der Waals surface area contributed by atoms with Gasteiger partial charge >= 0.3 is 5.97 Å². The average Bonchev–Trinajstić information content (AvgIpc) is 2.83. The number of benzene rings is 2. The molecule has 0 unspecified atom stereocenters. The van der Waals surface area contributed by atoms with Gasteiger partial charge in [-0.05, 0) is 43.3 Å². The number of fused-ring (bicyclic) bond motifs is 1. The Bertz CT molecular complexity index is 819. The van der Waals surface area contributed by atoms with Crippen molar-refractivity contribution in [3.05, 3.63) is 53.9 Å². The molecule has 1 aromatic heterocycles. The third-order valence-corrected chi connectivity index (χ3v) is 3.41. The molecule has 1 N–H and O–H groups in total. The van der Waals surface area contributed by atoms with E-state index in [1.54, 1.807) is 19.2 Å². The number of aryl methyl sites for hydroxylation is 1. The van der Waals surface area contributed by atoms with Crippen LogP contribution in [0.15, 0.2) is 42.5 Å². The molecule has 3 rings (SSSR count). The van der Waals surface area contributed by atoms with E-state index in [9.17, 15) is 9.90 Å². The predicted molar refractivity (Wildman–Crippen MR) is 79.3 cm³/mol. The molecule has 0 atom stereocenters. The molecule has 5 nitrogen and oxygen atoms in total. The number of aromatic carboxylic acids is 1. The van der Waals surface area contributed by atoms with Crippen molar-refractivity contribution in [1.82, 2.24) is 9.55 Å². The highest BCUT2D eigenvalue weighted by Crippen LogP contribution is 2.25. The van der Waals surface area contributed by atoms with Crippen LogP contribution in [0.3, 0.4) is 0 Å². The zero-order valence-corrected chi connectivity index (χ0v) is 11.7. The van der Waals surface area contributed by atoms with Gasteiger partial charge in [-0.15, -0.1) is 0 Å². The lowest BCUT2D eigenvalue weighted by Crippen LogP contribution is -2.03. The normalized spacial score (nSPS) is 10.8. The van der Waals surface area contributed by atoms with Crippen LogP contribution in [0.4, 0.5) is 0 Å². The second kappa shape index (κ2) is 4.94. The average molecular weight is 282 g/mol. The molecule has 5 heteroatoms. The van der Waals surface area contributed by atoms with Crippen molar-refractivity contribution in [2.45, 2.75) is 6.92 Å². The number of carbonyl (C=O) groups is 1. The van der Waals surface area contributed by atoms with Crippen molar-refractivity contribution in [3.8, 4) is 11.4 Å². The van der Waals surface area contributed by atoms with Crippen LogP contribution < -0.4 is 4.74 Å². The molecule has 0 aliphatic heterocycles. The van der Waals surface area contributed by atoms with Crippen LogP contribution in [-0.4, -0.2) is 27.7 Å². The van der Waals surface area contributed by atoms with E-state index in [1.165, 1.54) is 0 Å². The maximum atomic E-state index is 11.4. The third-order valence-electron chi connectivity index (χ3n) is 3.41. The van der Waals surface area contributed by atoms with Crippen LogP contribution in [0.25, 0.3) is 16.7 Å². The summed E-state index contributed by atoms with van der Waals surface area (Å²) in [6.45, 7) is 1.86. The summed E-state index contributed by atoms with van der Waals surface area (Å²) < 4.78 is 6.99. The standard InChI is InChI=1S/C16H14N2O3/c1-10-17-14-5-3-4-13(16(19)20)15(14)18(10)11-6-8-12(21-2)9-7-11/h3-9H,1-2H3,(H,19,20). The summed E-state index contributed by atoms with van der Waals surface area (Å²) in [6, 6.07) is 12.5. The van der Waals surface area contributed by atoms with Gasteiger partial charge in [-0.1, -0.05) is 6.07 Å². The summed E-state index contributed by atoms with van der Waals surface area (Å²) in [5, 5.41) is 9.38. The maximum absolute atomic E-state index is 11.4. The summed E-state index contributed by atoms with van der Waals surface area (Å²) in [4.78, 5) is 15.9. The summed E-state index contributed by atoms with van der Waals surface area (Å²) in [5.74, 6) is 0.526. The van der Waals surface area contributed by atoms with Crippen molar-refractivity contribution in [1.29, 1.82) is 0 Å². The topological polar surface area (TPSA) is 64.4 Å². The summed E-state index contributed by atoms with van der Waals surface area (Å²) in [6.07, 6.45) is 0. The number of hydrogen-bond donors (Lipinski definition) is 1. The minimum absolute atomic E-state index is 0.240. The molecule has 0 spiro atoms. The van der Waals surface area contributed by atoms with Crippen molar-refractivity contribution in [2.24, 2.45) is 0 Å². The molecule has 0 amide bonds. The number of para-hydroxylation sites is 1. The van der Waals surface area contributed by atoms with E-state index in [0.29, 0.717) is 11.0 Å². The van der Waals surface area contributed by atoms with Gasteiger partial charge in [0.15, 0.2) is 0 Å². The van der Waals surface area contributed by atoms with E-state index < -0.39 is 5.97 Å². The van der Waals surface area contributed by atoms with Gasteiger partial charge in [-0.25, -0.2) is 9.78 Å². The van der Waals surface area contributed by atoms with E-state index in [1.807, 2.05) is 41.8 Å². The molecule has 2 aromatic carbocycles. The first kappa shape index (κ1) is 13.2. The second-order valence-electron chi connectivity index (χ2n) is 4.67. The zero-order chi connectivity index (χ0) is 15.0. The number of ether oxygens (including phenoxy) is 1. The van der Waals surface area contributed by atoms with Gasteiger partial charge in [-0.2, -0.15) is 0 Å². The Morgan fingerprint density at radius 1 is 1.19 bits per heavy atom. The number of methoxy groups -OCH3 is 1. The van der Waals surface area contributed by atoms with Crippen LogP contribution in [0.2, 0.25) is 0 Å². The molecule has 0 aliphatic rings. The molecule has 3 aromatic rings. The summed E-state index contributed by atoms with van der Waals surface area (Å²) >= 11 is 0. The number of rotatable bonds is 3. The molecule has 0 saturated heterocycles. The van der Waals surface area contributed by atoms with E-state index in [4.69, 9.17) is 4.74 Å². The number of carboxylic acid groups (broad SMARTS) is 1. The first-order valence-corrected chi connectivity index (χ1v) is 6.47. The lowest BCUT2D eigenvalue weighted by Gasteiger charge is -2.09. The third kappa shape index (κ3) is 2.12. The van der Waals surface area contributed by atoms with Gasteiger partial charge in [0.25, 0.3) is 0 Å². The minimum Gasteiger partial charge on any atom is -0.497 e. The largest absolute Gasteiger partial charge is 0.497 e. The number of nitrogens with zero attached hydrogens (tertiary/aromatic N) is 2. The highest BCUT2D eigenvalue weighted by molar-refractivity contribution is 6.01. The fourth-order valence-electron chi connectivity index (χ4n) is 2.46. The molecule has 0 radical (unpaired) electrons. The highest BCUT2D eigenvalue weighted by atomic mass is 16.5. The Morgan fingerprint density at radius 3 is 2.52 bits per heavy atom. The van der Waals surface area contributed by atoms with Crippen LogP contribution in [0, 0.1) is 6.92 Å². The van der Waals surface area contributed by atoms with Crippen LogP contribution in [0.1, 0.15) is 16.2 Å². The van der Waals surface area contributed by atoms with Gasteiger partial charge < -0.3 is 9.84 Å². The second-order valence-corrected chi connectivity index (χ2v) is 4.67. The van der Waals surface area contributed by atoms with Crippen LogP contribution in [0.5, 0.6) is 5.75 Å². The van der Waals surface area contributed by atoms with Crippen LogP contribution in [-0.2, 0) is 0 Å². The van der Waals surface area contributed by atoms with Crippen molar-refractivity contribution < 1.29 is 14.6 Å². The lowest BCUT2D eigenvalue weighted by molar-refractivity contribution is 0.0698. The Balaban J connectivity index is 2.30. The SMILES string of the molecule is COc1ccc(-n2c(C)nc3cccc(C(=O)O)c32)cc1. The van der Waals surface area contributed by atoms with Crippen LogP contribution >= 0.6 is 0 Å². The van der Waals surface area contributed by atoms with E-state index in [2.05, 4.69) is 4.98 Å². The van der Waals surface area contributed by atoms with Crippen molar-refractivity contribution in [3.63, 3.8) is 0 Å². The summed E-state index contributed by atoms with van der Waals surface area (Å²) in [7, 11) is 1.61. The highest BCUT2D eigenvalue weighted by Gasteiger charge is 2.16. The van der Waals surface area contributed by atoms with E-state index in [0.717, 1.165) is 17.3 Å². The number of aromatic nitrogens is 2. The molecule has 1 heterocycles. The predicted octanol–water partition coefficient (Wildman–Crippen LogP) is 3.04. The Labute approximate surface area is 121 Å². The number of hydrogen-bond acceptors (Lipinski definition) is 3. The molecule has 21 heavy (non-hydrogen) atoms. The number of carboxylic acids is 1. The number of imidazole rings is 1. The van der Waals surface area contributed by atoms with Gasteiger partial charge in [0.1, 0.15) is 11.6 Å². The van der Waals surface area contributed by atoms with Crippen molar-refractivity contribution >= 4 is 17.0 Å². The van der Waals surface area contributed by atoms with Gasteiger partial charge in [0.2, 0.25) is 0 Å². The Hall–Kier alpha value is -2.82. The van der Waals surface area contributed by atoms with Crippen molar-refractivity contribution in [2.75, 3.05) is 7.11 Å². The Morgan fingerprint density at radius 2 is 1.90 bits per heavy atom. The molecule has 0 fully saturated rings. The molecule has 0 saturated carbocycles. The fourth-order valence-corrected chi connectivity index (χ4v) is 2.46. The van der Waals surface area contributed by atoms with Gasteiger partial charge in [0.05, 0.1) is 23.7 Å². The molecule has 106 valence electrons. The maximum Gasteiger partial charge on any atom is 0.337 e. The lowest BCUT2D eigenvalue weighted by atomic mass is 10.1. The molecular formula is C16H14N2O3.